The van der Waals surface area contributed by atoms with E-state index in [-0.39, 0.29) is 12.7 Å². The summed E-state index contributed by atoms with van der Waals surface area (Å²) in [7, 11) is 1.58. The summed E-state index contributed by atoms with van der Waals surface area (Å²) in [5.41, 5.74) is 0.912. The highest BCUT2D eigenvalue weighted by atomic mass is 16.7. The van der Waals surface area contributed by atoms with Crippen LogP contribution in [-0.2, 0) is 20.9 Å². The molecule has 1 heterocycles. The number of carbonyl (C=O) groups is 2. The third-order valence-corrected chi connectivity index (χ3v) is 4.60. The average molecular weight is 335 g/mol. The fraction of sp³-hybridized carbons (Fsp3) is 0.529. The summed E-state index contributed by atoms with van der Waals surface area (Å²) in [6.45, 7) is 1.42. The van der Waals surface area contributed by atoms with Gasteiger partial charge in [0.15, 0.2) is 11.5 Å². The summed E-state index contributed by atoms with van der Waals surface area (Å²) in [5.74, 6) is -0.664. The predicted octanol–water partition coefficient (Wildman–Crippen LogP) is 1.50. The molecule has 0 radical (unpaired) electrons. The summed E-state index contributed by atoms with van der Waals surface area (Å²) in [5, 5.41) is 9.18. The van der Waals surface area contributed by atoms with Gasteiger partial charge in [0.2, 0.25) is 12.7 Å². The predicted molar refractivity (Wildman–Crippen MR) is 83.7 cm³/mol. The number of amides is 1. The van der Waals surface area contributed by atoms with Crippen LogP contribution in [0.1, 0.15) is 18.4 Å². The molecule has 2 atom stereocenters. The number of methoxy groups -OCH3 is 1. The van der Waals surface area contributed by atoms with Crippen molar-refractivity contribution in [3.05, 3.63) is 23.8 Å². The Morgan fingerprint density at radius 2 is 2.00 bits per heavy atom. The molecule has 0 spiro atoms. The van der Waals surface area contributed by atoms with Gasteiger partial charge in [0.25, 0.3) is 0 Å². The minimum atomic E-state index is -0.894. The van der Waals surface area contributed by atoms with Gasteiger partial charge in [-0.05, 0) is 30.5 Å². The largest absolute Gasteiger partial charge is 0.481 e. The number of hydrogen-bond donors (Lipinski definition) is 1. The second kappa shape index (κ2) is 7.09. The number of nitrogens with zero attached hydrogens (tertiary/aromatic N) is 1. The maximum Gasteiger partial charge on any atom is 0.307 e. The lowest BCUT2D eigenvalue weighted by Gasteiger charge is -2.36. The van der Waals surface area contributed by atoms with Gasteiger partial charge in [-0.1, -0.05) is 6.07 Å². The molecule has 7 nitrogen and oxygen atoms in total. The quantitative estimate of drug-likeness (QED) is 0.813. The first-order chi connectivity index (χ1) is 11.6. The zero-order chi connectivity index (χ0) is 17.1. The zero-order valence-corrected chi connectivity index (χ0v) is 13.6. The summed E-state index contributed by atoms with van der Waals surface area (Å²) in [4.78, 5) is 25.6. The first kappa shape index (κ1) is 16.6. The van der Waals surface area contributed by atoms with E-state index >= 15 is 0 Å². The van der Waals surface area contributed by atoms with Crippen LogP contribution < -0.4 is 9.47 Å². The van der Waals surface area contributed by atoms with Crippen LogP contribution in [0.4, 0.5) is 0 Å². The lowest BCUT2D eigenvalue weighted by Crippen LogP contribution is -2.46. The van der Waals surface area contributed by atoms with Crippen molar-refractivity contribution in [2.75, 3.05) is 27.1 Å². The zero-order valence-electron chi connectivity index (χ0n) is 13.6. The van der Waals surface area contributed by atoms with Gasteiger partial charge in [-0.15, -0.1) is 0 Å². The number of benzene rings is 1. The van der Waals surface area contributed by atoms with Gasteiger partial charge in [-0.25, -0.2) is 0 Å². The molecule has 7 heteroatoms. The summed E-state index contributed by atoms with van der Waals surface area (Å²) >= 11 is 0. The van der Waals surface area contributed by atoms with E-state index < -0.39 is 17.8 Å². The summed E-state index contributed by atoms with van der Waals surface area (Å²) in [6.07, 6.45) is 1.19. The Morgan fingerprint density at radius 3 is 2.67 bits per heavy atom. The third kappa shape index (κ3) is 3.31. The number of ether oxygens (including phenoxy) is 3. The molecule has 1 aromatic carbocycles. The molecule has 1 aliphatic heterocycles. The third-order valence-electron chi connectivity index (χ3n) is 4.60. The topological polar surface area (TPSA) is 85.3 Å². The Kier molecular flexibility index (Phi) is 4.89. The van der Waals surface area contributed by atoms with Crippen LogP contribution in [-0.4, -0.2) is 48.9 Å². The molecule has 1 aliphatic carbocycles. The van der Waals surface area contributed by atoms with Crippen molar-refractivity contribution < 1.29 is 28.9 Å². The molecule has 3 rings (SSSR count). The number of carbonyl (C=O) groups excluding carboxylic acids is 1. The molecule has 130 valence electrons. The normalized spacial score (nSPS) is 21.2. The molecule has 24 heavy (non-hydrogen) atoms. The van der Waals surface area contributed by atoms with Crippen molar-refractivity contribution in [3.8, 4) is 11.5 Å². The molecule has 0 aromatic heterocycles. The second-order valence-electron chi connectivity index (χ2n) is 6.07. The van der Waals surface area contributed by atoms with Crippen LogP contribution in [0.2, 0.25) is 0 Å². The van der Waals surface area contributed by atoms with Gasteiger partial charge < -0.3 is 24.2 Å². The monoisotopic (exact) mass is 335 g/mol. The second-order valence-corrected chi connectivity index (χ2v) is 6.07. The highest BCUT2D eigenvalue weighted by Gasteiger charge is 2.43. The first-order valence-corrected chi connectivity index (χ1v) is 7.99. The summed E-state index contributed by atoms with van der Waals surface area (Å²) < 4.78 is 15.7. The molecule has 2 aliphatic rings. The number of carboxylic acid groups (broad SMARTS) is 1. The van der Waals surface area contributed by atoms with Crippen LogP contribution >= 0.6 is 0 Å². The molecular weight excluding hydrogens is 314 g/mol. The molecule has 2 unspecified atom stereocenters. The molecular formula is C17H21NO6. The Hall–Kier alpha value is -2.28. The maximum absolute atomic E-state index is 12.7. The van der Waals surface area contributed by atoms with Crippen molar-refractivity contribution in [1.29, 1.82) is 0 Å². The molecule has 1 fully saturated rings. The van der Waals surface area contributed by atoms with E-state index in [1.54, 1.807) is 12.0 Å². The van der Waals surface area contributed by atoms with E-state index in [2.05, 4.69) is 0 Å². The van der Waals surface area contributed by atoms with Gasteiger partial charge in [-0.3, -0.25) is 9.59 Å². The highest BCUT2D eigenvalue weighted by molar-refractivity contribution is 5.86. The molecule has 1 aromatic rings. The Bertz CT molecular complexity index is 632. The van der Waals surface area contributed by atoms with Crippen LogP contribution in [0.3, 0.4) is 0 Å². The van der Waals surface area contributed by atoms with E-state index in [0.29, 0.717) is 44.0 Å². The van der Waals surface area contributed by atoms with Crippen molar-refractivity contribution in [3.63, 3.8) is 0 Å². The van der Waals surface area contributed by atoms with E-state index in [0.717, 1.165) is 5.56 Å². The standard InChI is InChI=1S/C17H21NO6/c1-22-7-6-18(16(19)12-3-4-13(12)17(20)21)9-11-2-5-14-15(8-11)24-10-23-14/h2,5,8,12-13H,3-4,6-7,9-10H2,1H3,(H,20,21). The van der Waals surface area contributed by atoms with Gasteiger partial charge in [0, 0.05) is 20.2 Å². The van der Waals surface area contributed by atoms with Crippen LogP contribution in [0.15, 0.2) is 18.2 Å². The lowest BCUT2D eigenvalue weighted by molar-refractivity contribution is -0.157. The molecule has 1 saturated carbocycles. The SMILES string of the molecule is COCCN(Cc1ccc2c(c1)OCO2)C(=O)C1CCC1C(=O)O. The average Bonchev–Trinajstić information content (AvgIpc) is 2.97. The van der Waals surface area contributed by atoms with E-state index in [1.165, 1.54) is 0 Å². The highest BCUT2D eigenvalue weighted by Crippen LogP contribution is 2.37. The number of rotatable bonds is 7. The molecule has 1 amide bonds. The van der Waals surface area contributed by atoms with Crippen LogP contribution in [0.25, 0.3) is 0 Å². The Balaban J connectivity index is 1.71. The number of fused-ring (bicyclic) bond motifs is 1. The van der Waals surface area contributed by atoms with Crippen LogP contribution in [0.5, 0.6) is 11.5 Å². The fourth-order valence-electron chi connectivity index (χ4n) is 3.05. The Labute approximate surface area is 140 Å². The fourth-order valence-corrected chi connectivity index (χ4v) is 3.05. The van der Waals surface area contributed by atoms with Gasteiger partial charge >= 0.3 is 5.97 Å². The maximum atomic E-state index is 12.7. The number of aliphatic carboxylic acids is 1. The first-order valence-electron chi connectivity index (χ1n) is 7.99. The number of hydrogen-bond acceptors (Lipinski definition) is 5. The Morgan fingerprint density at radius 1 is 1.25 bits per heavy atom. The van der Waals surface area contributed by atoms with Gasteiger partial charge in [-0.2, -0.15) is 0 Å². The van der Waals surface area contributed by atoms with Gasteiger partial charge in [0.1, 0.15) is 0 Å². The van der Waals surface area contributed by atoms with Gasteiger partial charge in [0.05, 0.1) is 18.4 Å². The smallest absolute Gasteiger partial charge is 0.307 e. The van der Waals surface area contributed by atoms with Crippen molar-refractivity contribution in [1.82, 2.24) is 4.90 Å². The molecule has 1 N–H and O–H groups in total. The summed E-state index contributed by atoms with van der Waals surface area (Å²) in [6, 6.07) is 5.56. The van der Waals surface area contributed by atoms with E-state index in [4.69, 9.17) is 14.2 Å². The number of carboxylic acids is 1. The van der Waals surface area contributed by atoms with Crippen molar-refractivity contribution in [2.45, 2.75) is 19.4 Å². The van der Waals surface area contributed by atoms with Crippen molar-refractivity contribution >= 4 is 11.9 Å². The minimum absolute atomic E-state index is 0.122. The van der Waals surface area contributed by atoms with Crippen LogP contribution in [0, 0.1) is 11.8 Å². The molecule has 0 bridgehead atoms. The van der Waals surface area contributed by atoms with Crippen molar-refractivity contribution in [2.24, 2.45) is 11.8 Å². The lowest BCUT2D eigenvalue weighted by atomic mass is 9.73. The minimum Gasteiger partial charge on any atom is -0.481 e. The van der Waals surface area contributed by atoms with E-state index in [1.807, 2.05) is 18.2 Å². The van der Waals surface area contributed by atoms with E-state index in [9.17, 15) is 14.7 Å². The molecule has 0 saturated heterocycles.